The van der Waals surface area contributed by atoms with E-state index in [9.17, 15) is 24.6 Å². The van der Waals surface area contributed by atoms with Crippen molar-refractivity contribution in [1.29, 1.82) is 0 Å². The third kappa shape index (κ3) is 6.80. The van der Waals surface area contributed by atoms with Crippen LogP contribution in [0.25, 0.3) is 0 Å². The van der Waals surface area contributed by atoms with Gasteiger partial charge in [-0.15, -0.1) is 0 Å². The molecule has 1 aromatic carbocycles. The van der Waals surface area contributed by atoms with Crippen LogP contribution in [-0.2, 0) is 9.59 Å². The molecule has 1 aromatic rings. The highest BCUT2D eigenvalue weighted by Gasteiger charge is 2.41. The number of benzene rings is 1. The van der Waals surface area contributed by atoms with Crippen LogP contribution in [0.15, 0.2) is 29.3 Å². The predicted octanol–water partition coefficient (Wildman–Crippen LogP) is 2.40. The number of carboxylic acids is 1. The molecule has 31 heavy (non-hydrogen) atoms. The van der Waals surface area contributed by atoms with E-state index >= 15 is 0 Å². The zero-order valence-corrected chi connectivity index (χ0v) is 18.3. The Morgan fingerprint density at radius 3 is 2.45 bits per heavy atom. The first-order valence-corrected chi connectivity index (χ1v) is 10.1. The largest absolute Gasteiger partial charge is 0.497 e. The third-order valence-electron chi connectivity index (χ3n) is 5.66. The average Bonchev–Trinajstić information content (AvgIpc) is 2.68. The Morgan fingerprint density at radius 2 is 1.90 bits per heavy atom. The highest BCUT2D eigenvalue weighted by Crippen LogP contribution is 2.46. The molecule has 2 amide bonds. The van der Waals surface area contributed by atoms with E-state index in [2.05, 4.69) is 29.5 Å². The maximum absolute atomic E-state index is 12.4. The van der Waals surface area contributed by atoms with Crippen LogP contribution in [0.3, 0.4) is 0 Å². The van der Waals surface area contributed by atoms with E-state index < -0.39 is 24.1 Å². The van der Waals surface area contributed by atoms with E-state index in [0.29, 0.717) is 17.7 Å². The van der Waals surface area contributed by atoms with E-state index in [-0.39, 0.29) is 23.4 Å². The van der Waals surface area contributed by atoms with Crippen molar-refractivity contribution in [3.8, 4) is 5.75 Å². The summed E-state index contributed by atoms with van der Waals surface area (Å²) in [5, 5.41) is 25.0. The summed E-state index contributed by atoms with van der Waals surface area (Å²) in [5.74, 6) is -0.793. The fraction of sp³-hybridized carbons (Fsp3) is 0.591. The number of nitrogens with zero attached hydrogens (tertiary/aromatic N) is 1. The van der Waals surface area contributed by atoms with Crippen molar-refractivity contribution in [3.05, 3.63) is 29.8 Å². The number of aliphatic hydroxyl groups is 1. The molecule has 1 aliphatic carbocycles. The van der Waals surface area contributed by atoms with Gasteiger partial charge in [-0.05, 0) is 47.8 Å². The molecule has 4 atom stereocenters. The van der Waals surface area contributed by atoms with E-state index in [1.165, 1.54) is 19.2 Å². The molecule has 0 aromatic heterocycles. The molecule has 0 radical (unpaired) electrons. The summed E-state index contributed by atoms with van der Waals surface area (Å²) in [6.07, 6.45) is 2.37. The minimum atomic E-state index is -1.53. The molecule has 1 aliphatic rings. The van der Waals surface area contributed by atoms with Gasteiger partial charge in [0.15, 0.2) is 6.04 Å². The zero-order chi connectivity index (χ0) is 23.2. The quantitative estimate of drug-likeness (QED) is 0.367. The van der Waals surface area contributed by atoms with E-state index in [1.54, 1.807) is 18.2 Å². The number of hydrogen-bond acceptors (Lipinski definition) is 6. The highest BCUT2D eigenvalue weighted by atomic mass is 16.5. The SMILES string of the molecule is COc1ccc(C(O)C(NC(=O)NCC2(C)CC(N=C=O)CC(C)(C)C2)C(=O)O)cc1. The number of aliphatic imine (C=N–C) groups is 1. The van der Waals surface area contributed by atoms with E-state index in [1.807, 2.05) is 6.92 Å². The van der Waals surface area contributed by atoms with Crippen LogP contribution in [0.4, 0.5) is 4.79 Å². The van der Waals surface area contributed by atoms with Crippen molar-refractivity contribution in [1.82, 2.24) is 10.6 Å². The number of ether oxygens (including phenoxy) is 1. The Morgan fingerprint density at radius 1 is 1.26 bits per heavy atom. The summed E-state index contributed by atoms with van der Waals surface area (Å²) in [6.45, 7) is 6.45. The molecule has 0 bridgehead atoms. The van der Waals surface area contributed by atoms with Gasteiger partial charge in [0.2, 0.25) is 6.08 Å². The lowest BCUT2D eigenvalue weighted by molar-refractivity contribution is -0.142. The lowest BCUT2D eigenvalue weighted by atomic mass is 9.63. The van der Waals surface area contributed by atoms with Gasteiger partial charge in [0.25, 0.3) is 0 Å². The maximum Gasteiger partial charge on any atom is 0.329 e. The van der Waals surface area contributed by atoms with Crippen LogP contribution in [-0.4, -0.2) is 54.0 Å². The number of amides is 2. The highest BCUT2D eigenvalue weighted by molar-refractivity contribution is 5.83. The molecule has 0 heterocycles. The average molecular weight is 434 g/mol. The van der Waals surface area contributed by atoms with Crippen LogP contribution in [0.2, 0.25) is 0 Å². The molecule has 2 rings (SSSR count). The Labute approximate surface area is 181 Å². The first-order valence-electron chi connectivity index (χ1n) is 10.1. The van der Waals surface area contributed by atoms with Gasteiger partial charge in [-0.1, -0.05) is 32.9 Å². The van der Waals surface area contributed by atoms with Gasteiger partial charge in [-0.2, -0.15) is 0 Å². The number of aliphatic carboxylic acids is 1. The van der Waals surface area contributed by atoms with Crippen LogP contribution < -0.4 is 15.4 Å². The molecule has 1 saturated carbocycles. The summed E-state index contributed by atoms with van der Waals surface area (Å²) in [5.41, 5.74) is -0.0501. The number of isocyanates is 1. The van der Waals surface area contributed by atoms with Gasteiger partial charge in [0.05, 0.1) is 13.2 Å². The number of nitrogens with one attached hydrogen (secondary N) is 2. The van der Waals surface area contributed by atoms with E-state index in [0.717, 1.165) is 12.8 Å². The van der Waals surface area contributed by atoms with Crippen LogP contribution in [0.5, 0.6) is 5.75 Å². The summed E-state index contributed by atoms with van der Waals surface area (Å²) in [4.78, 5) is 38.7. The fourth-order valence-electron chi connectivity index (χ4n) is 4.63. The Bertz CT molecular complexity index is 834. The normalized spacial score (nSPS) is 24.2. The second kappa shape index (κ2) is 9.94. The van der Waals surface area contributed by atoms with Crippen LogP contribution >= 0.6 is 0 Å². The van der Waals surface area contributed by atoms with Crippen LogP contribution in [0, 0.1) is 10.8 Å². The lowest BCUT2D eigenvalue weighted by Crippen LogP contribution is -2.52. The number of carbonyl (C=O) groups excluding carboxylic acids is 2. The number of carbonyl (C=O) groups is 2. The first kappa shape index (κ1) is 24.4. The number of hydrogen-bond donors (Lipinski definition) is 4. The van der Waals surface area contributed by atoms with Gasteiger partial charge >= 0.3 is 12.0 Å². The molecule has 0 spiro atoms. The fourth-order valence-corrected chi connectivity index (χ4v) is 4.63. The minimum absolute atomic E-state index is 0.0651. The monoisotopic (exact) mass is 433 g/mol. The second-order valence-corrected chi connectivity index (χ2v) is 9.30. The topological polar surface area (TPSA) is 137 Å². The molecule has 4 unspecified atom stereocenters. The molecule has 1 fully saturated rings. The van der Waals surface area contributed by atoms with Gasteiger partial charge in [0, 0.05) is 6.54 Å². The van der Waals surface area contributed by atoms with Crippen LogP contribution in [0.1, 0.15) is 51.7 Å². The van der Waals surface area contributed by atoms with Crippen molar-refractivity contribution < 1.29 is 29.3 Å². The van der Waals surface area contributed by atoms with Gasteiger partial charge in [-0.3, -0.25) is 0 Å². The number of urea groups is 1. The molecule has 0 aliphatic heterocycles. The van der Waals surface area contributed by atoms with Gasteiger partial charge < -0.3 is 25.6 Å². The predicted molar refractivity (Wildman–Crippen MR) is 114 cm³/mol. The summed E-state index contributed by atoms with van der Waals surface area (Å²) >= 11 is 0. The first-order chi connectivity index (χ1) is 14.5. The van der Waals surface area contributed by atoms with Gasteiger partial charge in [-0.25, -0.2) is 19.4 Å². The summed E-state index contributed by atoms with van der Waals surface area (Å²) in [6, 6.07) is 3.88. The van der Waals surface area contributed by atoms with Crippen molar-refractivity contribution in [2.75, 3.05) is 13.7 Å². The molecule has 0 saturated heterocycles. The summed E-state index contributed by atoms with van der Waals surface area (Å²) in [7, 11) is 1.50. The number of aliphatic hydroxyl groups excluding tert-OH is 1. The van der Waals surface area contributed by atoms with Gasteiger partial charge in [0.1, 0.15) is 11.9 Å². The number of carboxylic acid groups (broad SMARTS) is 1. The van der Waals surface area contributed by atoms with Crippen molar-refractivity contribution in [2.24, 2.45) is 15.8 Å². The Kier molecular flexibility index (Phi) is 7.81. The summed E-state index contributed by atoms with van der Waals surface area (Å²) < 4.78 is 5.05. The zero-order valence-electron chi connectivity index (χ0n) is 18.3. The number of methoxy groups -OCH3 is 1. The Balaban J connectivity index is 2.02. The number of rotatable bonds is 8. The van der Waals surface area contributed by atoms with Crippen molar-refractivity contribution in [3.63, 3.8) is 0 Å². The van der Waals surface area contributed by atoms with Crippen molar-refractivity contribution >= 4 is 18.1 Å². The van der Waals surface area contributed by atoms with E-state index in [4.69, 9.17) is 4.74 Å². The molecular weight excluding hydrogens is 402 g/mol. The van der Waals surface area contributed by atoms with Crippen molar-refractivity contribution in [2.45, 2.75) is 58.2 Å². The third-order valence-corrected chi connectivity index (χ3v) is 5.66. The molecule has 170 valence electrons. The standard InChI is InChI=1S/C22H31N3O6/c1-21(2)9-15(24-13-26)10-22(3,11-21)12-23-20(30)25-17(19(28)29)18(27)14-5-7-16(31-4)8-6-14/h5-8,15,17-18,27H,9-12H2,1-4H3,(H,28,29)(H2,23,25,30). The lowest BCUT2D eigenvalue weighted by Gasteiger charge is -2.45. The maximum atomic E-state index is 12.4. The molecular formula is C22H31N3O6. The second-order valence-electron chi connectivity index (χ2n) is 9.30. The molecule has 9 heteroatoms. The smallest absolute Gasteiger partial charge is 0.329 e. The molecule has 4 N–H and O–H groups in total. The molecule has 9 nitrogen and oxygen atoms in total. The minimum Gasteiger partial charge on any atom is -0.497 e. The Hall–Kier alpha value is -2.90.